The standard InChI is InChI=1S/C10H11BO2/c1-2-10(12)13-7-8-4-3-5-9(11)6-8/h2-6H,1,7,11H2. The van der Waals surface area contributed by atoms with Gasteiger partial charge in [0.1, 0.15) is 14.5 Å². The van der Waals surface area contributed by atoms with E-state index in [4.69, 9.17) is 4.74 Å². The van der Waals surface area contributed by atoms with Gasteiger partial charge in [-0.2, -0.15) is 0 Å². The molecule has 0 bridgehead atoms. The summed E-state index contributed by atoms with van der Waals surface area (Å²) in [4.78, 5) is 10.7. The van der Waals surface area contributed by atoms with Gasteiger partial charge in [0.25, 0.3) is 0 Å². The molecule has 66 valence electrons. The van der Waals surface area contributed by atoms with Crippen molar-refractivity contribution in [1.82, 2.24) is 0 Å². The highest BCUT2D eigenvalue weighted by molar-refractivity contribution is 6.32. The zero-order valence-corrected chi connectivity index (χ0v) is 7.62. The minimum atomic E-state index is -0.387. The van der Waals surface area contributed by atoms with Gasteiger partial charge >= 0.3 is 5.97 Å². The molecule has 0 fully saturated rings. The van der Waals surface area contributed by atoms with Gasteiger partial charge in [-0.1, -0.05) is 36.3 Å². The Kier molecular flexibility index (Phi) is 3.32. The monoisotopic (exact) mass is 174 g/mol. The molecule has 3 heteroatoms. The first kappa shape index (κ1) is 9.58. The zero-order valence-electron chi connectivity index (χ0n) is 7.62. The third-order valence-corrected chi connectivity index (χ3v) is 1.63. The Labute approximate surface area is 78.6 Å². The maximum atomic E-state index is 10.7. The third kappa shape index (κ3) is 3.15. The molecular formula is C10H11BO2. The summed E-state index contributed by atoms with van der Waals surface area (Å²) in [6.45, 7) is 3.63. The molecule has 0 spiro atoms. The fourth-order valence-corrected chi connectivity index (χ4v) is 1.02. The lowest BCUT2D eigenvalue weighted by Gasteiger charge is -2.02. The molecule has 0 aromatic heterocycles. The molecule has 2 nitrogen and oxygen atoms in total. The largest absolute Gasteiger partial charge is 0.458 e. The first-order chi connectivity index (χ1) is 6.22. The van der Waals surface area contributed by atoms with Crippen molar-refractivity contribution >= 4 is 19.3 Å². The predicted octanol–water partition coefficient (Wildman–Crippen LogP) is 0.174. The summed E-state index contributed by atoms with van der Waals surface area (Å²) >= 11 is 0. The first-order valence-corrected chi connectivity index (χ1v) is 4.07. The number of ether oxygens (including phenoxy) is 1. The molecule has 0 saturated carbocycles. The van der Waals surface area contributed by atoms with E-state index >= 15 is 0 Å². The Morgan fingerprint density at radius 1 is 1.62 bits per heavy atom. The van der Waals surface area contributed by atoms with Gasteiger partial charge in [0, 0.05) is 6.08 Å². The van der Waals surface area contributed by atoms with E-state index in [1.54, 1.807) is 0 Å². The van der Waals surface area contributed by atoms with E-state index in [9.17, 15) is 4.79 Å². The number of carbonyl (C=O) groups excluding carboxylic acids is 1. The van der Waals surface area contributed by atoms with E-state index in [1.807, 2.05) is 32.1 Å². The van der Waals surface area contributed by atoms with Crippen molar-refractivity contribution in [1.29, 1.82) is 0 Å². The lowest BCUT2D eigenvalue weighted by molar-refractivity contribution is -0.138. The predicted molar refractivity (Wildman–Crippen MR) is 54.6 cm³/mol. The Morgan fingerprint density at radius 2 is 2.38 bits per heavy atom. The molecule has 1 rings (SSSR count). The minimum absolute atomic E-state index is 0.312. The van der Waals surface area contributed by atoms with Gasteiger partial charge in [0.15, 0.2) is 0 Å². The fourth-order valence-electron chi connectivity index (χ4n) is 1.02. The molecule has 1 aromatic rings. The van der Waals surface area contributed by atoms with Gasteiger partial charge in [-0.15, -0.1) is 0 Å². The molecule has 0 aliphatic heterocycles. The Hall–Kier alpha value is -1.51. The number of rotatable bonds is 3. The summed E-state index contributed by atoms with van der Waals surface area (Å²) in [7, 11) is 2.00. The number of carbonyl (C=O) groups is 1. The maximum Gasteiger partial charge on any atom is 0.330 e. The van der Waals surface area contributed by atoms with E-state index in [1.165, 1.54) is 0 Å². The smallest absolute Gasteiger partial charge is 0.330 e. The summed E-state index contributed by atoms with van der Waals surface area (Å²) in [5.74, 6) is -0.387. The summed E-state index contributed by atoms with van der Waals surface area (Å²) in [5, 5.41) is 0. The van der Waals surface area contributed by atoms with Crippen LogP contribution in [-0.4, -0.2) is 13.8 Å². The first-order valence-electron chi connectivity index (χ1n) is 4.07. The SMILES string of the molecule is Bc1cccc(COC(=O)C=C)c1. The maximum absolute atomic E-state index is 10.7. The Morgan fingerprint density at radius 3 is 3.00 bits per heavy atom. The van der Waals surface area contributed by atoms with Crippen molar-refractivity contribution < 1.29 is 9.53 Å². The van der Waals surface area contributed by atoms with Crippen molar-refractivity contribution in [3.05, 3.63) is 42.5 Å². The zero-order chi connectivity index (χ0) is 9.68. The molecule has 0 aliphatic carbocycles. The van der Waals surface area contributed by atoms with Crippen molar-refractivity contribution in [3.63, 3.8) is 0 Å². The molecule has 0 unspecified atom stereocenters. The lowest BCUT2D eigenvalue weighted by Crippen LogP contribution is -2.05. The Bertz CT molecular complexity index is 320. The molecule has 0 atom stereocenters. The minimum Gasteiger partial charge on any atom is -0.458 e. The van der Waals surface area contributed by atoms with Crippen molar-refractivity contribution in [2.75, 3.05) is 0 Å². The molecule has 1 aromatic carbocycles. The van der Waals surface area contributed by atoms with Crippen LogP contribution in [0.25, 0.3) is 0 Å². The van der Waals surface area contributed by atoms with E-state index in [0.29, 0.717) is 6.61 Å². The van der Waals surface area contributed by atoms with Crippen molar-refractivity contribution in [2.24, 2.45) is 0 Å². The highest BCUT2D eigenvalue weighted by Gasteiger charge is 1.97. The molecule has 0 saturated heterocycles. The number of hydrogen-bond acceptors (Lipinski definition) is 2. The van der Waals surface area contributed by atoms with E-state index < -0.39 is 0 Å². The summed E-state index contributed by atoms with van der Waals surface area (Å²) < 4.78 is 4.88. The molecule has 0 aliphatic rings. The van der Waals surface area contributed by atoms with E-state index in [-0.39, 0.29) is 5.97 Å². The summed E-state index contributed by atoms with van der Waals surface area (Å²) in [6, 6.07) is 7.84. The van der Waals surface area contributed by atoms with Crippen molar-refractivity contribution in [2.45, 2.75) is 6.61 Å². The third-order valence-electron chi connectivity index (χ3n) is 1.63. The summed E-state index contributed by atoms with van der Waals surface area (Å²) in [5.41, 5.74) is 2.15. The molecule has 13 heavy (non-hydrogen) atoms. The second-order valence-electron chi connectivity index (χ2n) is 2.80. The molecular weight excluding hydrogens is 163 g/mol. The van der Waals surface area contributed by atoms with Crippen LogP contribution in [0.4, 0.5) is 0 Å². The van der Waals surface area contributed by atoms with E-state index in [0.717, 1.165) is 17.1 Å². The Balaban J connectivity index is 2.54. The number of benzene rings is 1. The van der Waals surface area contributed by atoms with Crippen LogP contribution in [0.5, 0.6) is 0 Å². The second kappa shape index (κ2) is 4.50. The van der Waals surface area contributed by atoms with Crippen LogP contribution in [0.1, 0.15) is 5.56 Å². The van der Waals surface area contributed by atoms with E-state index in [2.05, 4.69) is 6.58 Å². The molecule has 0 radical (unpaired) electrons. The van der Waals surface area contributed by atoms with Gasteiger partial charge in [0.05, 0.1) is 0 Å². The van der Waals surface area contributed by atoms with Crippen LogP contribution in [0.2, 0.25) is 0 Å². The molecule has 0 N–H and O–H groups in total. The van der Waals surface area contributed by atoms with Crippen LogP contribution in [0, 0.1) is 0 Å². The highest BCUT2D eigenvalue weighted by Crippen LogP contribution is 1.98. The van der Waals surface area contributed by atoms with Gasteiger partial charge in [-0.25, -0.2) is 4.79 Å². The highest BCUT2D eigenvalue weighted by atomic mass is 16.5. The van der Waals surface area contributed by atoms with Crippen LogP contribution < -0.4 is 5.46 Å². The van der Waals surface area contributed by atoms with Gasteiger partial charge in [0.2, 0.25) is 0 Å². The van der Waals surface area contributed by atoms with Gasteiger partial charge in [-0.05, 0) is 5.56 Å². The topological polar surface area (TPSA) is 26.3 Å². The normalized spacial score (nSPS) is 9.23. The van der Waals surface area contributed by atoms with Crippen LogP contribution >= 0.6 is 0 Å². The van der Waals surface area contributed by atoms with Crippen molar-refractivity contribution in [3.8, 4) is 0 Å². The van der Waals surface area contributed by atoms with Crippen LogP contribution in [0.3, 0.4) is 0 Å². The second-order valence-corrected chi connectivity index (χ2v) is 2.80. The number of hydrogen-bond donors (Lipinski definition) is 0. The fraction of sp³-hybridized carbons (Fsp3) is 0.100. The molecule has 0 heterocycles. The number of esters is 1. The van der Waals surface area contributed by atoms with Crippen LogP contribution in [0.15, 0.2) is 36.9 Å². The average molecular weight is 174 g/mol. The van der Waals surface area contributed by atoms with Crippen LogP contribution in [-0.2, 0) is 16.1 Å². The van der Waals surface area contributed by atoms with Gasteiger partial charge < -0.3 is 4.74 Å². The quantitative estimate of drug-likeness (QED) is 0.371. The summed E-state index contributed by atoms with van der Waals surface area (Å²) in [6.07, 6.45) is 1.16. The average Bonchev–Trinajstić information content (AvgIpc) is 2.14. The lowest BCUT2D eigenvalue weighted by atomic mass is 9.95. The van der Waals surface area contributed by atoms with Gasteiger partial charge in [-0.3, -0.25) is 0 Å². The molecule has 0 amide bonds.